The highest BCUT2D eigenvalue weighted by Crippen LogP contribution is 2.27. The van der Waals surface area contributed by atoms with Crippen molar-refractivity contribution in [2.45, 2.75) is 26.5 Å². The zero-order chi connectivity index (χ0) is 16.0. The lowest BCUT2D eigenvalue weighted by Crippen LogP contribution is -2.38. The first-order valence-electron chi connectivity index (χ1n) is 7.80. The Kier molecular flexibility index (Phi) is 7.99. The molecular formula is C17H28ClN3O2. The topological polar surface area (TPSA) is 67.6 Å². The predicted molar refractivity (Wildman–Crippen MR) is 94.5 cm³/mol. The number of hydrogen-bond donors (Lipinski definition) is 2. The number of benzene rings is 1. The molecule has 1 aliphatic heterocycles. The van der Waals surface area contributed by atoms with E-state index in [1.165, 1.54) is 0 Å². The Bertz CT molecular complexity index is 495. The summed E-state index contributed by atoms with van der Waals surface area (Å²) in [4.78, 5) is 14.2. The minimum atomic E-state index is 0. The summed E-state index contributed by atoms with van der Waals surface area (Å²) in [6.07, 6.45) is 1.07. The number of amides is 1. The summed E-state index contributed by atoms with van der Waals surface area (Å²) < 4.78 is 5.08. The molecule has 23 heavy (non-hydrogen) atoms. The van der Waals surface area contributed by atoms with Crippen LogP contribution >= 0.6 is 12.4 Å². The number of ether oxygens (including phenoxy) is 1. The van der Waals surface area contributed by atoms with E-state index >= 15 is 0 Å². The third-order valence-electron chi connectivity index (χ3n) is 4.32. The van der Waals surface area contributed by atoms with Gasteiger partial charge in [-0.1, -0.05) is 31.2 Å². The Balaban J connectivity index is 0.00000264. The van der Waals surface area contributed by atoms with Crippen LogP contribution < -0.4 is 11.1 Å². The van der Waals surface area contributed by atoms with Crippen LogP contribution in [-0.2, 0) is 22.7 Å². The van der Waals surface area contributed by atoms with Crippen LogP contribution in [0.2, 0.25) is 0 Å². The summed E-state index contributed by atoms with van der Waals surface area (Å²) >= 11 is 0. The molecular weight excluding hydrogens is 314 g/mol. The lowest BCUT2D eigenvalue weighted by molar-refractivity contribution is -0.122. The van der Waals surface area contributed by atoms with Gasteiger partial charge in [0.15, 0.2) is 0 Å². The van der Waals surface area contributed by atoms with Crippen molar-refractivity contribution < 1.29 is 9.53 Å². The number of hydrogen-bond acceptors (Lipinski definition) is 4. The summed E-state index contributed by atoms with van der Waals surface area (Å²) in [5, 5.41) is 2.98. The number of nitrogens with zero attached hydrogens (tertiary/aromatic N) is 1. The second-order valence-electron chi connectivity index (χ2n) is 6.50. The van der Waals surface area contributed by atoms with E-state index in [9.17, 15) is 4.79 Å². The summed E-state index contributed by atoms with van der Waals surface area (Å²) in [5.74, 6) is 0.0715. The van der Waals surface area contributed by atoms with Gasteiger partial charge in [0.05, 0.1) is 13.2 Å². The first-order valence-corrected chi connectivity index (χ1v) is 7.80. The fraction of sp³-hybridized carbons (Fsp3) is 0.588. The van der Waals surface area contributed by atoms with Crippen molar-refractivity contribution in [2.24, 2.45) is 11.1 Å². The van der Waals surface area contributed by atoms with Crippen LogP contribution in [0.1, 0.15) is 24.5 Å². The van der Waals surface area contributed by atoms with Gasteiger partial charge in [0.25, 0.3) is 0 Å². The van der Waals surface area contributed by atoms with Gasteiger partial charge in [0, 0.05) is 20.2 Å². The number of carbonyl (C=O) groups excluding carboxylic acids is 1. The Morgan fingerprint density at radius 3 is 2.57 bits per heavy atom. The van der Waals surface area contributed by atoms with E-state index in [1.54, 1.807) is 7.11 Å². The maximum atomic E-state index is 12.0. The third-order valence-corrected chi connectivity index (χ3v) is 4.32. The Hall–Kier alpha value is -1.14. The number of nitrogens with one attached hydrogen (secondary N) is 1. The second kappa shape index (κ2) is 9.23. The van der Waals surface area contributed by atoms with Crippen molar-refractivity contribution >= 4 is 18.3 Å². The van der Waals surface area contributed by atoms with E-state index in [-0.39, 0.29) is 23.7 Å². The molecule has 1 unspecified atom stereocenters. The summed E-state index contributed by atoms with van der Waals surface area (Å²) in [6, 6.07) is 8.10. The molecule has 1 amide bonds. The van der Waals surface area contributed by atoms with E-state index < -0.39 is 0 Å². The number of carbonyl (C=O) groups is 1. The van der Waals surface area contributed by atoms with Gasteiger partial charge in [-0.3, -0.25) is 9.69 Å². The monoisotopic (exact) mass is 341 g/mol. The maximum Gasteiger partial charge on any atom is 0.234 e. The Labute approximate surface area is 145 Å². The molecule has 0 spiro atoms. The Morgan fingerprint density at radius 2 is 2.00 bits per heavy atom. The lowest BCUT2D eigenvalue weighted by atomic mass is 9.90. The molecule has 130 valence electrons. The van der Waals surface area contributed by atoms with Crippen LogP contribution in [0.5, 0.6) is 0 Å². The average molecular weight is 342 g/mol. The molecule has 1 aromatic rings. The first-order chi connectivity index (χ1) is 10.5. The summed E-state index contributed by atoms with van der Waals surface area (Å²) in [7, 11) is 1.68. The van der Waals surface area contributed by atoms with E-state index in [2.05, 4.69) is 17.1 Å². The van der Waals surface area contributed by atoms with Gasteiger partial charge in [0.1, 0.15) is 0 Å². The highest BCUT2D eigenvalue weighted by Gasteiger charge is 2.32. The van der Waals surface area contributed by atoms with E-state index in [4.69, 9.17) is 10.5 Å². The molecule has 0 radical (unpaired) electrons. The van der Waals surface area contributed by atoms with Crippen LogP contribution in [0.15, 0.2) is 24.3 Å². The van der Waals surface area contributed by atoms with Gasteiger partial charge < -0.3 is 15.8 Å². The van der Waals surface area contributed by atoms with Crippen LogP contribution in [0.4, 0.5) is 0 Å². The molecule has 1 heterocycles. The van der Waals surface area contributed by atoms with E-state index in [0.29, 0.717) is 26.2 Å². The molecule has 6 heteroatoms. The molecule has 0 bridgehead atoms. The fourth-order valence-corrected chi connectivity index (χ4v) is 2.81. The van der Waals surface area contributed by atoms with E-state index in [0.717, 1.165) is 30.6 Å². The molecule has 0 aromatic heterocycles. The van der Waals surface area contributed by atoms with Gasteiger partial charge in [-0.15, -0.1) is 12.4 Å². The van der Waals surface area contributed by atoms with Crippen molar-refractivity contribution in [3.05, 3.63) is 35.4 Å². The largest absolute Gasteiger partial charge is 0.380 e. The standard InChI is InChI=1S/C17H27N3O2.ClH/c1-17(12-18)7-8-20(13-17)10-16(21)19-9-14-3-5-15(6-4-14)11-22-2;/h3-6H,7-13,18H2,1-2H3,(H,19,21);1H. The molecule has 1 atom stereocenters. The van der Waals surface area contributed by atoms with Crippen molar-refractivity contribution in [1.82, 2.24) is 10.2 Å². The van der Waals surface area contributed by atoms with Crippen molar-refractivity contribution in [3.63, 3.8) is 0 Å². The average Bonchev–Trinajstić information content (AvgIpc) is 2.89. The normalized spacial score (nSPS) is 21.0. The van der Waals surface area contributed by atoms with Gasteiger partial charge in [0.2, 0.25) is 5.91 Å². The highest BCUT2D eigenvalue weighted by atomic mass is 35.5. The van der Waals surface area contributed by atoms with E-state index in [1.807, 2.05) is 24.3 Å². The van der Waals surface area contributed by atoms with Crippen LogP contribution in [-0.4, -0.2) is 44.1 Å². The first kappa shape index (κ1) is 19.9. The third kappa shape index (κ3) is 6.11. The molecule has 2 rings (SSSR count). The fourth-order valence-electron chi connectivity index (χ4n) is 2.81. The summed E-state index contributed by atoms with van der Waals surface area (Å²) in [6.45, 7) is 6.35. The minimum absolute atomic E-state index is 0. The van der Waals surface area contributed by atoms with Crippen molar-refractivity contribution in [3.8, 4) is 0 Å². The van der Waals surface area contributed by atoms with Gasteiger partial charge in [-0.2, -0.15) is 0 Å². The van der Waals surface area contributed by atoms with Crippen molar-refractivity contribution in [2.75, 3.05) is 33.3 Å². The summed E-state index contributed by atoms with van der Waals surface area (Å²) in [5.41, 5.74) is 8.19. The molecule has 1 aromatic carbocycles. The smallest absolute Gasteiger partial charge is 0.234 e. The zero-order valence-corrected chi connectivity index (χ0v) is 14.8. The number of rotatable bonds is 7. The molecule has 3 N–H and O–H groups in total. The van der Waals surface area contributed by atoms with Gasteiger partial charge in [-0.05, 0) is 36.1 Å². The zero-order valence-electron chi connectivity index (χ0n) is 14.0. The highest BCUT2D eigenvalue weighted by molar-refractivity contribution is 5.85. The quantitative estimate of drug-likeness (QED) is 0.789. The number of methoxy groups -OCH3 is 1. The Morgan fingerprint density at radius 1 is 1.35 bits per heavy atom. The SMILES string of the molecule is COCc1ccc(CNC(=O)CN2CCC(C)(CN)C2)cc1.Cl. The maximum absolute atomic E-state index is 12.0. The second-order valence-corrected chi connectivity index (χ2v) is 6.50. The number of likely N-dealkylation sites (tertiary alicyclic amines) is 1. The molecule has 0 aliphatic carbocycles. The molecule has 1 fully saturated rings. The number of halogens is 1. The minimum Gasteiger partial charge on any atom is -0.380 e. The molecule has 5 nitrogen and oxygen atoms in total. The lowest BCUT2D eigenvalue weighted by Gasteiger charge is -2.22. The predicted octanol–water partition coefficient (Wildman–Crippen LogP) is 1.54. The van der Waals surface area contributed by atoms with Crippen LogP contribution in [0.25, 0.3) is 0 Å². The molecule has 0 saturated carbocycles. The molecule has 1 aliphatic rings. The number of nitrogens with two attached hydrogens (primary N) is 1. The van der Waals surface area contributed by atoms with Crippen LogP contribution in [0.3, 0.4) is 0 Å². The van der Waals surface area contributed by atoms with Crippen molar-refractivity contribution in [1.29, 1.82) is 0 Å². The van der Waals surface area contributed by atoms with Crippen LogP contribution in [0, 0.1) is 5.41 Å². The molecule has 1 saturated heterocycles. The van der Waals surface area contributed by atoms with Gasteiger partial charge >= 0.3 is 0 Å². The van der Waals surface area contributed by atoms with Gasteiger partial charge in [-0.25, -0.2) is 0 Å².